The van der Waals surface area contributed by atoms with Crippen molar-refractivity contribution in [1.82, 2.24) is 0 Å². The van der Waals surface area contributed by atoms with Gasteiger partial charge in [-0.2, -0.15) is 0 Å². The average Bonchev–Trinajstić information content (AvgIpc) is 2.91. The summed E-state index contributed by atoms with van der Waals surface area (Å²) in [4.78, 5) is 23.7. The normalized spacial score (nSPS) is 12.0. The van der Waals surface area contributed by atoms with Crippen LogP contribution in [0.2, 0.25) is 0 Å². The molecule has 0 aliphatic heterocycles. The fourth-order valence-corrected chi connectivity index (χ4v) is 3.31. The number of nitrogens with two attached hydrogens (primary N) is 1. The van der Waals surface area contributed by atoms with E-state index in [2.05, 4.69) is 5.32 Å². The van der Waals surface area contributed by atoms with E-state index >= 15 is 0 Å². The zero-order valence-corrected chi connectivity index (χ0v) is 13.1. The summed E-state index contributed by atoms with van der Waals surface area (Å²) in [5.41, 5.74) is 5.44. The molecule has 2 aromatic rings. The Bertz CT molecular complexity index is 719. The van der Waals surface area contributed by atoms with Gasteiger partial charge in [0, 0.05) is 4.90 Å². The van der Waals surface area contributed by atoms with Crippen molar-refractivity contribution in [1.29, 1.82) is 0 Å². The number of anilines is 1. The lowest BCUT2D eigenvalue weighted by atomic mass is 10.3. The maximum absolute atomic E-state index is 13.1. The summed E-state index contributed by atoms with van der Waals surface area (Å²) in [6.07, 6.45) is 0. The lowest BCUT2D eigenvalue weighted by molar-refractivity contribution is -0.115. The molecule has 0 spiro atoms. The van der Waals surface area contributed by atoms with Crippen molar-refractivity contribution in [3.8, 4) is 0 Å². The molecule has 0 aliphatic rings. The zero-order valence-electron chi connectivity index (χ0n) is 11.4. The predicted molar refractivity (Wildman–Crippen MR) is 83.1 cm³/mol. The van der Waals surface area contributed by atoms with E-state index in [1.807, 2.05) is 0 Å². The molecule has 1 atom stereocenters. The van der Waals surface area contributed by atoms with Crippen molar-refractivity contribution in [3.05, 3.63) is 46.8 Å². The molecule has 0 fully saturated rings. The topological polar surface area (TPSA) is 72.2 Å². The number of carbonyl (C=O) groups excluding carboxylic acids is 2. The Hall–Kier alpha value is -1.93. The number of benzene rings is 1. The van der Waals surface area contributed by atoms with Crippen molar-refractivity contribution < 1.29 is 18.4 Å². The lowest BCUT2D eigenvalue weighted by Gasteiger charge is -2.12. The Balaban J connectivity index is 2.04. The van der Waals surface area contributed by atoms with Crippen molar-refractivity contribution in [2.75, 3.05) is 5.32 Å². The van der Waals surface area contributed by atoms with E-state index in [1.54, 1.807) is 12.3 Å². The van der Waals surface area contributed by atoms with Gasteiger partial charge in [-0.1, -0.05) is 0 Å². The molecule has 0 radical (unpaired) electrons. The number of rotatable bonds is 5. The van der Waals surface area contributed by atoms with Crippen LogP contribution in [0, 0.1) is 11.6 Å². The Morgan fingerprint density at radius 1 is 1.27 bits per heavy atom. The summed E-state index contributed by atoms with van der Waals surface area (Å²) in [5, 5.41) is 4.06. The van der Waals surface area contributed by atoms with E-state index in [9.17, 15) is 18.4 Å². The molecule has 1 aromatic carbocycles. The molecule has 0 bridgehead atoms. The standard InChI is InChI=1S/C14H12F2N2O2S2/c1-7(22-8-2-3-10(15)11(16)6-8)13(20)18-14-9(12(17)19)4-5-21-14/h2-7H,1H3,(H2,17,19)(H,18,20)/t7-/m0/s1. The second-order valence-corrected chi connectivity index (χ2v) is 6.68. The number of halogens is 2. The first-order valence-electron chi connectivity index (χ1n) is 6.18. The highest BCUT2D eigenvalue weighted by Gasteiger charge is 2.18. The molecule has 8 heteroatoms. The van der Waals surface area contributed by atoms with E-state index in [0.29, 0.717) is 9.90 Å². The van der Waals surface area contributed by atoms with Crippen LogP contribution in [-0.4, -0.2) is 17.1 Å². The molecule has 116 valence electrons. The van der Waals surface area contributed by atoms with Crippen LogP contribution in [0.4, 0.5) is 13.8 Å². The molecule has 2 rings (SSSR count). The second-order valence-electron chi connectivity index (χ2n) is 4.35. The SMILES string of the molecule is C[C@H](Sc1ccc(F)c(F)c1)C(=O)Nc1sccc1C(N)=O. The minimum absolute atomic E-state index is 0.239. The van der Waals surface area contributed by atoms with Gasteiger partial charge in [0.2, 0.25) is 5.91 Å². The molecule has 2 amide bonds. The predicted octanol–water partition coefficient (Wildman–Crippen LogP) is 3.24. The highest BCUT2D eigenvalue weighted by molar-refractivity contribution is 8.00. The Morgan fingerprint density at radius 3 is 2.64 bits per heavy atom. The summed E-state index contributed by atoms with van der Waals surface area (Å²) in [7, 11) is 0. The molecule has 1 heterocycles. The summed E-state index contributed by atoms with van der Waals surface area (Å²) in [6, 6.07) is 4.96. The van der Waals surface area contributed by atoms with Gasteiger partial charge in [0.1, 0.15) is 5.00 Å². The van der Waals surface area contributed by atoms with Crippen LogP contribution in [0.1, 0.15) is 17.3 Å². The van der Waals surface area contributed by atoms with Gasteiger partial charge in [0.25, 0.3) is 5.91 Å². The van der Waals surface area contributed by atoms with Crippen molar-refractivity contribution in [2.45, 2.75) is 17.1 Å². The highest BCUT2D eigenvalue weighted by Crippen LogP contribution is 2.28. The molecule has 0 saturated heterocycles. The monoisotopic (exact) mass is 342 g/mol. The largest absolute Gasteiger partial charge is 0.366 e. The molecule has 22 heavy (non-hydrogen) atoms. The number of carbonyl (C=O) groups is 2. The van der Waals surface area contributed by atoms with Crippen LogP contribution < -0.4 is 11.1 Å². The van der Waals surface area contributed by atoms with Gasteiger partial charge in [-0.15, -0.1) is 23.1 Å². The number of nitrogens with one attached hydrogen (secondary N) is 1. The third kappa shape index (κ3) is 3.83. The quantitative estimate of drug-likeness (QED) is 0.819. The Labute approximate surface area is 133 Å². The summed E-state index contributed by atoms with van der Waals surface area (Å²) >= 11 is 2.26. The third-order valence-corrected chi connectivity index (χ3v) is 4.66. The minimum Gasteiger partial charge on any atom is -0.366 e. The number of primary amides is 1. The van der Waals surface area contributed by atoms with Crippen molar-refractivity contribution >= 4 is 39.9 Å². The van der Waals surface area contributed by atoms with E-state index in [4.69, 9.17) is 5.73 Å². The highest BCUT2D eigenvalue weighted by atomic mass is 32.2. The average molecular weight is 342 g/mol. The molecule has 1 aromatic heterocycles. The number of thiophene rings is 1. The maximum Gasteiger partial charge on any atom is 0.251 e. The lowest BCUT2D eigenvalue weighted by Crippen LogP contribution is -2.23. The molecule has 0 aliphatic carbocycles. The van der Waals surface area contributed by atoms with Gasteiger partial charge < -0.3 is 11.1 Å². The van der Waals surface area contributed by atoms with Gasteiger partial charge in [-0.3, -0.25) is 9.59 Å². The van der Waals surface area contributed by atoms with E-state index < -0.39 is 22.8 Å². The van der Waals surface area contributed by atoms with Crippen LogP contribution in [0.15, 0.2) is 34.5 Å². The van der Waals surface area contributed by atoms with Gasteiger partial charge >= 0.3 is 0 Å². The Morgan fingerprint density at radius 2 is 2.00 bits per heavy atom. The number of hydrogen-bond acceptors (Lipinski definition) is 4. The summed E-state index contributed by atoms with van der Waals surface area (Å²) < 4.78 is 26.0. The van der Waals surface area contributed by atoms with Crippen LogP contribution in [-0.2, 0) is 4.79 Å². The maximum atomic E-state index is 13.1. The number of hydrogen-bond donors (Lipinski definition) is 2. The first-order chi connectivity index (χ1) is 10.4. The van der Waals surface area contributed by atoms with Crippen molar-refractivity contribution in [3.63, 3.8) is 0 Å². The smallest absolute Gasteiger partial charge is 0.251 e. The number of amides is 2. The van der Waals surface area contributed by atoms with E-state index in [-0.39, 0.29) is 11.5 Å². The molecular weight excluding hydrogens is 330 g/mol. The van der Waals surface area contributed by atoms with Crippen molar-refractivity contribution in [2.24, 2.45) is 5.73 Å². The van der Waals surface area contributed by atoms with Crippen LogP contribution in [0.25, 0.3) is 0 Å². The molecule has 4 nitrogen and oxygen atoms in total. The first kappa shape index (κ1) is 16.4. The fraction of sp³-hybridized carbons (Fsp3) is 0.143. The van der Waals surface area contributed by atoms with E-state index in [0.717, 1.165) is 23.9 Å². The van der Waals surface area contributed by atoms with Gasteiger partial charge in [-0.25, -0.2) is 8.78 Å². The second kappa shape index (κ2) is 6.89. The zero-order chi connectivity index (χ0) is 16.3. The van der Waals surface area contributed by atoms with Gasteiger partial charge in [0.15, 0.2) is 11.6 Å². The number of thioether (sulfide) groups is 1. The summed E-state index contributed by atoms with van der Waals surface area (Å²) in [6.45, 7) is 1.62. The van der Waals surface area contributed by atoms with Crippen LogP contribution in [0.3, 0.4) is 0 Å². The molecule has 3 N–H and O–H groups in total. The first-order valence-corrected chi connectivity index (χ1v) is 7.94. The van der Waals surface area contributed by atoms with Gasteiger partial charge in [-0.05, 0) is 36.6 Å². The third-order valence-electron chi connectivity index (χ3n) is 2.74. The Kier molecular flexibility index (Phi) is 5.15. The molecule has 0 saturated carbocycles. The molecular formula is C14H12F2N2O2S2. The van der Waals surface area contributed by atoms with E-state index in [1.165, 1.54) is 23.5 Å². The van der Waals surface area contributed by atoms with Crippen LogP contribution >= 0.6 is 23.1 Å². The minimum atomic E-state index is -0.966. The summed E-state index contributed by atoms with van der Waals surface area (Å²) in [5.74, 6) is -2.89. The van der Waals surface area contributed by atoms with Gasteiger partial charge in [0.05, 0.1) is 10.8 Å². The molecule has 0 unspecified atom stereocenters. The fourth-order valence-electron chi connectivity index (χ4n) is 1.62. The van der Waals surface area contributed by atoms with Crippen LogP contribution in [0.5, 0.6) is 0 Å².